The number of nitrogens with zero attached hydrogens (tertiary/aromatic N) is 2. The molecule has 0 radical (unpaired) electrons. The van der Waals surface area contributed by atoms with Crippen LogP contribution in [0.3, 0.4) is 0 Å². The van der Waals surface area contributed by atoms with E-state index in [4.69, 9.17) is 18.9 Å². The molecule has 1 fully saturated rings. The van der Waals surface area contributed by atoms with Crippen LogP contribution in [0.4, 0.5) is 0 Å². The van der Waals surface area contributed by atoms with Crippen molar-refractivity contribution >= 4 is 0 Å². The van der Waals surface area contributed by atoms with Crippen molar-refractivity contribution in [2.45, 2.75) is 13.5 Å². The fourth-order valence-electron chi connectivity index (χ4n) is 3.63. The van der Waals surface area contributed by atoms with Gasteiger partial charge in [-0.15, -0.1) is 0 Å². The Labute approximate surface area is 173 Å². The summed E-state index contributed by atoms with van der Waals surface area (Å²) < 4.78 is 22.4. The molecule has 2 aromatic carbocycles. The Balaban J connectivity index is 1.48. The highest BCUT2D eigenvalue weighted by atomic mass is 16.5. The minimum atomic E-state index is 0.652. The van der Waals surface area contributed by atoms with Crippen molar-refractivity contribution in [2.24, 2.45) is 0 Å². The lowest BCUT2D eigenvalue weighted by Crippen LogP contribution is -2.47. The quantitative estimate of drug-likeness (QED) is 0.644. The Morgan fingerprint density at radius 3 is 2.03 bits per heavy atom. The molecule has 1 saturated heterocycles. The Morgan fingerprint density at radius 2 is 1.41 bits per heavy atom. The van der Waals surface area contributed by atoms with Crippen LogP contribution in [0.2, 0.25) is 0 Å². The van der Waals surface area contributed by atoms with Crippen molar-refractivity contribution in [3.05, 3.63) is 47.5 Å². The summed E-state index contributed by atoms with van der Waals surface area (Å²) in [5, 5.41) is 0. The first-order valence-electron chi connectivity index (χ1n) is 10.1. The van der Waals surface area contributed by atoms with Crippen LogP contribution in [0.1, 0.15) is 11.1 Å². The monoisotopic (exact) mass is 400 g/mol. The van der Waals surface area contributed by atoms with Gasteiger partial charge in [0.2, 0.25) is 5.75 Å². The number of ether oxygens (including phenoxy) is 4. The fraction of sp³-hybridized carbons (Fsp3) is 0.478. The molecule has 29 heavy (non-hydrogen) atoms. The van der Waals surface area contributed by atoms with E-state index in [1.807, 2.05) is 18.2 Å². The number of benzene rings is 2. The van der Waals surface area contributed by atoms with Gasteiger partial charge in [0.05, 0.1) is 21.3 Å². The molecule has 0 unspecified atom stereocenters. The van der Waals surface area contributed by atoms with Gasteiger partial charge in [0.15, 0.2) is 11.5 Å². The van der Waals surface area contributed by atoms with Crippen LogP contribution in [0.5, 0.6) is 23.0 Å². The average Bonchev–Trinajstić information content (AvgIpc) is 2.75. The molecule has 6 nitrogen and oxygen atoms in total. The number of piperazine rings is 1. The van der Waals surface area contributed by atoms with Crippen molar-refractivity contribution in [3.8, 4) is 23.0 Å². The summed E-state index contributed by atoms with van der Waals surface area (Å²) in [5.74, 6) is 3.03. The third-order valence-electron chi connectivity index (χ3n) is 5.34. The van der Waals surface area contributed by atoms with Crippen LogP contribution in [0.25, 0.3) is 0 Å². The summed E-state index contributed by atoms with van der Waals surface area (Å²) in [5.41, 5.74) is 2.36. The van der Waals surface area contributed by atoms with Crippen molar-refractivity contribution in [2.75, 3.05) is 60.7 Å². The number of rotatable bonds is 9. The molecule has 0 atom stereocenters. The van der Waals surface area contributed by atoms with Crippen LogP contribution in [0.15, 0.2) is 36.4 Å². The first kappa shape index (κ1) is 21.3. The molecule has 0 saturated carbocycles. The van der Waals surface area contributed by atoms with Crippen LogP contribution in [0, 0.1) is 6.92 Å². The molecule has 2 aromatic rings. The van der Waals surface area contributed by atoms with E-state index < -0.39 is 0 Å². The van der Waals surface area contributed by atoms with Gasteiger partial charge in [-0.1, -0.05) is 23.8 Å². The lowest BCUT2D eigenvalue weighted by atomic mass is 10.1. The standard InChI is InChI=1S/C23H32N2O4/c1-18-5-8-20(9-6-18)29-16-15-24-11-13-25(14-12-24)17-19-7-10-21(26-2)23(28-4)22(19)27-3/h5-10H,11-17H2,1-4H3. The fourth-order valence-corrected chi connectivity index (χ4v) is 3.63. The molecule has 0 aliphatic carbocycles. The molecule has 1 heterocycles. The molecule has 6 heteroatoms. The van der Waals surface area contributed by atoms with Gasteiger partial charge in [-0.3, -0.25) is 9.80 Å². The zero-order valence-electron chi connectivity index (χ0n) is 17.9. The SMILES string of the molecule is COc1ccc(CN2CCN(CCOc3ccc(C)cc3)CC2)c(OC)c1OC. The molecule has 1 aliphatic heterocycles. The summed E-state index contributed by atoms with van der Waals surface area (Å²) >= 11 is 0. The Morgan fingerprint density at radius 1 is 0.759 bits per heavy atom. The van der Waals surface area contributed by atoms with E-state index in [1.165, 1.54) is 5.56 Å². The van der Waals surface area contributed by atoms with Gasteiger partial charge in [-0.05, 0) is 25.1 Å². The Hall–Kier alpha value is -2.44. The van der Waals surface area contributed by atoms with Gasteiger partial charge >= 0.3 is 0 Å². The molecular weight excluding hydrogens is 368 g/mol. The zero-order valence-corrected chi connectivity index (χ0v) is 17.9. The maximum absolute atomic E-state index is 5.87. The molecule has 0 aromatic heterocycles. The third-order valence-corrected chi connectivity index (χ3v) is 5.34. The lowest BCUT2D eigenvalue weighted by Gasteiger charge is -2.34. The third kappa shape index (κ3) is 5.55. The Kier molecular flexibility index (Phi) is 7.61. The predicted octanol–water partition coefficient (Wildman–Crippen LogP) is 3.22. The number of aryl methyl sites for hydroxylation is 1. The second-order valence-corrected chi connectivity index (χ2v) is 7.27. The van der Waals surface area contributed by atoms with E-state index in [-0.39, 0.29) is 0 Å². The van der Waals surface area contributed by atoms with E-state index in [2.05, 4.69) is 34.9 Å². The molecule has 0 spiro atoms. The van der Waals surface area contributed by atoms with E-state index >= 15 is 0 Å². The molecule has 0 bridgehead atoms. The minimum Gasteiger partial charge on any atom is -0.493 e. The molecule has 3 rings (SSSR count). The summed E-state index contributed by atoms with van der Waals surface area (Å²) in [6, 6.07) is 12.2. The summed E-state index contributed by atoms with van der Waals surface area (Å²) in [6.07, 6.45) is 0. The topological polar surface area (TPSA) is 43.4 Å². The predicted molar refractivity (Wildman–Crippen MR) is 114 cm³/mol. The molecule has 0 N–H and O–H groups in total. The highest BCUT2D eigenvalue weighted by molar-refractivity contribution is 5.55. The lowest BCUT2D eigenvalue weighted by molar-refractivity contribution is 0.112. The number of hydrogen-bond donors (Lipinski definition) is 0. The average molecular weight is 401 g/mol. The van der Waals surface area contributed by atoms with E-state index in [9.17, 15) is 0 Å². The molecule has 1 aliphatic rings. The first-order valence-corrected chi connectivity index (χ1v) is 10.1. The van der Waals surface area contributed by atoms with Crippen molar-refractivity contribution in [3.63, 3.8) is 0 Å². The maximum atomic E-state index is 5.87. The van der Waals surface area contributed by atoms with Crippen LogP contribution in [-0.2, 0) is 6.54 Å². The second kappa shape index (κ2) is 10.4. The summed E-state index contributed by atoms with van der Waals surface area (Å²) in [7, 11) is 4.95. The molecular formula is C23H32N2O4. The normalized spacial score (nSPS) is 15.2. The van der Waals surface area contributed by atoms with E-state index in [0.29, 0.717) is 18.1 Å². The maximum Gasteiger partial charge on any atom is 0.203 e. The van der Waals surface area contributed by atoms with Crippen LogP contribution in [-0.4, -0.2) is 70.5 Å². The van der Waals surface area contributed by atoms with Crippen molar-refractivity contribution in [1.29, 1.82) is 0 Å². The van der Waals surface area contributed by atoms with Crippen molar-refractivity contribution in [1.82, 2.24) is 9.80 Å². The van der Waals surface area contributed by atoms with Gasteiger partial charge in [0, 0.05) is 44.8 Å². The largest absolute Gasteiger partial charge is 0.493 e. The second-order valence-electron chi connectivity index (χ2n) is 7.27. The smallest absolute Gasteiger partial charge is 0.203 e. The van der Waals surface area contributed by atoms with Gasteiger partial charge in [0.25, 0.3) is 0 Å². The van der Waals surface area contributed by atoms with Crippen LogP contribution >= 0.6 is 0 Å². The van der Waals surface area contributed by atoms with E-state index in [0.717, 1.165) is 56.3 Å². The highest BCUT2D eigenvalue weighted by Gasteiger charge is 2.21. The van der Waals surface area contributed by atoms with Crippen molar-refractivity contribution < 1.29 is 18.9 Å². The van der Waals surface area contributed by atoms with Gasteiger partial charge in [-0.25, -0.2) is 0 Å². The highest BCUT2D eigenvalue weighted by Crippen LogP contribution is 2.40. The van der Waals surface area contributed by atoms with Gasteiger partial charge in [0.1, 0.15) is 12.4 Å². The Bertz CT molecular complexity index is 771. The summed E-state index contributed by atoms with van der Waals surface area (Å²) in [6.45, 7) is 8.68. The van der Waals surface area contributed by atoms with Gasteiger partial charge < -0.3 is 18.9 Å². The van der Waals surface area contributed by atoms with E-state index in [1.54, 1.807) is 21.3 Å². The zero-order chi connectivity index (χ0) is 20.6. The number of hydrogen-bond acceptors (Lipinski definition) is 6. The summed E-state index contributed by atoms with van der Waals surface area (Å²) in [4.78, 5) is 4.90. The van der Waals surface area contributed by atoms with Gasteiger partial charge in [-0.2, -0.15) is 0 Å². The van der Waals surface area contributed by atoms with Crippen LogP contribution < -0.4 is 18.9 Å². The first-order chi connectivity index (χ1) is 14.1. The molecule has 158 valence electrons. The molecule has 0 amide bonds. The number of methoxy groups -OCH3 is 3. The minimum absolute atomic E-state index is 0.652.